The molecule has 0 aromatic carbocycles. The first kappa shape index (κ1) is 21.8. The maximum atomic E-state index is 12.1. The van der Waals surface area contributed by atoms with Crippen LogP contribution in [-0.4, -0.2) is 92.2 Å². The van der Waals surface area contributed by atoms with Gasteiger partial charge in [-0.25, -0.2) is 12.7 Å². The minimum atomic E-state index is -3.40. The van der Waals surface area contributed by atoms with Crippen molar-refractivity contribution in [3.05, 3.63) is 0 Å². The zero-order valence-corrected chi connectivity index (χ0v) is 16.2. The van der Waals surface area contributed by atoms with Crippen molar-refractivity contribution in [1.82, 2.24) is 19.8 Å². The maximum Gasteiger partial charge on any atom is 0.242 e. The first-order valence-corrected chi connectivity index (χ1v) is 10.3. The van der Waals surface area contributed by atoms with E-state index in [4.69, 9.17) is 0 Å². The lowest BCUT2D eigenvalue weighted by molar-refractivity contribution is -0.129. The van der Waals surface area contributed by atoms with E-state index >= 15 is 0 Å². The van der Waals surface area contributed by atoms with Crippen molar-refractivity contribution in [2.75, 3.05) is 39.5 Å². The van der Waals surface area contributed by atoms with E-state index in [1.807, 2.05) is 4.90 Å². The number of carbonyl (C=O) groups is 2. The molecule has 0 aliphatic carbocycles. The Morgan fingerprint density at radius 3 is 2.28 bits per heavy atom. The Morgan fingerprint density at radius 1 is 1.20 bits per heavy atom. The first-order chi connectivity index (χ1) is 11.5. The molecule has 0 radical (unpaired) electrons. The summed E-state index contributed by atoms with van der Waals surface area (Å²) >= 11 is 0. The predicted octanol–water partition coefficient (Wildman–Crippen LogP) is -1.66. The van der Waals surface area contributed by atoms with E-state index in [1.165, 1.54) is 7.05 Å². The molecule has 3 N–H and O–H groups in total. The molecule has 1 fully saturated rings. The van der Waals surface area contributed by atoms with E-state index < -0.39 is 34.1 Å². The van der Waals surface area contributed by atoms with Crippen LogP contribution in [0.5, 0.6) is 0 Å². The number of likely N-dealkylation sites (tertiary alicyclic amines) is 1. The zero-order chi connectivity index (χ0) is 19.2. The topological polar surface area (TPSA) is 119 Å². The fourth-order valence-electron chi connectivity index (χ4n) is 2.50. The van der Waals surface area contributed by atoms with Gasteiger partial charge in [-0.3, -0.25) is 14.5 Å². The van der Waals surface area contributed by atoms with Gasteiger partial charge in [-0.05, 0) is 39.8 Å². The first-order valence-electron chi connectivity index (χ1n) is 8.42. The molecule has 1 aliphatic rings. The summed E-state index contributed by atoms with van der Waals surface area (Å²) in [6.45, 7) is 5.08. The molecule has 3 atom stereocenters. The van der Waals surface area contributed by atoms with Crippen LogP contribution in [0.25, 0.3) is 0 Å². The number of amides is 2. The molecule has 1 saturated heterocycles. The summed E-state index contributed by atoms with van der Waals surface area (Å²) in [7, 11) is -2.05. The molecule has 0 bridgehead atoms. The fraction of sp³-hybridized carbons (Fsp3) is 0.867. The average Bonchev–Trinajstić information content (AvgIpc) is 2.98. The summed E-state index contributed by atoms with van der Waals surface area (Å²) in [6, 6.07) is -1.40. The SMILES string of the molecule is CC(NC(=O)CN1CCCC1)C(=O)NC(C)C(O)CN(C)S(C)(=O)=O. The number of nitrogens with one attached hydrogen (secondary N) is 2. The molecular formula is C15H30N4O5S. The Bertz CT molecular complexity index is 562. The number of likely N-dealkylation sites (N-methyl/N-ethyl adjacent to an activating group) is 1. The highest BCUT2D eigenvalue weighted by atomic mass is 32.2. The standard InChI is InChI=1S/C15H30N4O5S/c1-11(13(20)9-18(3)25(4,23)24)17-15(22)12(2)16-14(21)10-19-7-5-6-8-19/h11-13,20H,5-10H2,1-4H3,(H,16,21)(H,17,22). The van der Waals surface area contributed by atoms with Gasteiger partial charge in [-0.1, -0.05) is 0 Å². The number of rotatable bonds is 9. The van der Waals surface area contributed by atoms with Gasteiger partial charge in [0.1, 0.15) is 6.04 Å². The second-order valence-electron chi connectivity index (χ2n) is 6.68. The number of hydrogen-bond acceptors (Lipinski definition) is 6. The third kappa shape index (κ3) is 7.68. The number of nitrogens with zero attached hydrogens (tertiary/aromatic N) is 2. The quantitative estimate of drug-likeness (QED) is 0.442. The van der Waals surface area contributed by atoms with Gasteiger partial charge in [0.25, 0.3) is 0 Å². The summed E-state index contributed by atoms with van der Waals surface area (Å²) in [5.41, 5.74) is 0. The van der Waals surface area contributed by atoms with Crippen molar-refractivity contribution in [2.45, 2.75) is 44.9 Å². The van der Waals surface area contributed by atoms with Crippen molar-refractivity contribution in [3.8, 4) is 0 Å². The van der Waals surface area contributed by atoms with Crippen LogP contribution in [0.3, 0.4) is 0 Å². The predicted molar refractivity (Wildman–Crippen MR) is 94.4 cm³/mol. The number of sulfonamides is 1. The minimum absolute atomic E-state index is 0.129. The van der Waals surface area contributed by atoms with Crippen molar-refractivity contribution < 1.29 is 23.1 Å². The van der Waals surface area contributed by atoms with Crippen LogP contribution in [-0.2, 0) is 19.6 Å². The van der Waals surface area contributed by atoms with Crippen molar-refractivity contribution in [3.63, 3.8) is 0 Å². The van der Waals surface area contributed by atoms with Crippen molar-refractivity contribution >= 4 is 21.8 Å². The molecule has 3 unspecified atom stereocenters. The largest absolute Gasteiger partial charge is 0.390 e. The van der Waals surface area contributed by atoms with Crippen molar-refractivity contribution in [1.29, 1.82) is 0 Å². The highest BCUT2D eigenvalue weighted by molar-refractivity contribution is 7.88. The highest BCUT2D eigenvalue weighted by Crippen LogP contribution is 2.06. The molecule has 0 aromatic rings. The van der Waals surface area contributed by atoms with Crippen LogP contribution in [0, 0.1) is 0 Å². The molecular weight excluding hydrogens is 348 g/mol. The van der Waals surface area contributed by atoms with E-state index in [-0.39, 0.29) is 19.0 Å². The highest BCUT2D eigenvalue weighted by Gasteiger charge is 2.25. The summed E-state index contributed by atoms with van der Waals surface area (Å²) in [5, 5.41) is 15.3. The van der Waals surface area contributed by atoms with E-state index in [2.05, 4.69) is 10.6 Å². The zero-order valence-electron chi connectivity index (χ0n) is 15.4. The molecule has 1 heterocycles. The normalized spacial score (nSPS) is 19.4. The maximum absolute atomic E-state index is 12.1. The Balaban J connectivity index is 2.40. The van der Waals surface area contributed by atoms with Crippen LogP contribution >= 0.6 is 0 Å². The summed E-state index contributed by atoms with van der Waals surface area (Å²) in [6.07, 6.45) is 2.15. The minimum Gasteiger partial charge on any atom is -0.390 e. The van der Waals surface area contributed by atoms with Crippen LogP contribution in [0.1, 0.15) is 26.7 Å². The van der Waals surface area contributed by atoms with Gasteiger partial charge >= 0.3 is 0 Å². The smallest absolute Gasteiger partial charge is 0.242 e. The van der Waals surface area contributed by atoms with Crippen molar-refractivity contribution in [2.24, 2.45) is 0 Å². The fourth-order valence-corrected chi connectivity index (χ4v) is 2.92. The lowest BCUT2D eigenvalue weighted by Gasteiger charge is -2.25. The molecule has 2 amide bonds. The van der Waals surface area contributed by atoms with Gasteiger partial charge in [0.2, 0.25) is 21.8 Å². The van der Waals surface area contributed by atoms with Gasteiger partial charge in [-0.15, -0.1) is 0 Å². The Labute approximate surface area is 149 Å². The van der Waals surface area contributed by atoms with E-state index in [1.54, 1.807) is 13.8 Å². The molecule has 1 aliphatic heterocycles. The number of carbonyl (C=O) groups excluding carboxylic acids is 2. The Kier molecular flexibility index (Phi) is 8.26. The number of aliphatic hydroxyl groups excluding tert-OH is 1. The lowest BCUT2D eigenvalue weighted by atomic mass is 10.1. The Morgan fingerprint density at radius 2 is 1.76 bits per heavy atom. The van der Waals surface area contributed by atoms with E-state index in [0.717, 1.165) is 36.5 Å². The number of hydrogen-bond donors (Lipinski definition) is 3. The molecule has 0 spiro atoms. The molecule has 25 heavy (non-hydrogen) atoms. The van der Waals surface area contributed by atoms with E-state index in [9.17, 15) is 23.1 Å². The second-order valence-corrected chi connectivity index (χ2v) is 8.77. The average molecular weight is 378 g/mol. The van der Waals surface area contributed by atoms with Crippen LogP contribution in [0.2, 0.25) is 0 Å². The monoisotopic (exact) mass is 378 g/mol. The van der Waals surface area contributed by atoms with Crippen LogP contribution in [0.4, 0.5) is 0 Å². The van der Waals surface area contributed by atoms with Gasteiger partial charge in [0.15, 0.2) is 0 Å². The molecule has 10 heteroatoms. The summed E-state index contributed by atoms with van der Waals surface area (Å²) in [4.78, 5) is 26.1. The summed E-state index contributed by atoms with van der Waals surface area (Å²) < 4.78 is 23.7. The third-order valence-corrected chi connectivity index (χ3v) is 5.58. The second kappa shape index (κ2) is 9.46. The third-order valence-electron chi connectivity index (χ3n) is 4.29. The van der Waals surface area contributed by atoms with Gasteiger partial charge in [0, 0.05) is 13.6 Å². The molecule has 1 rings (SSSR count). The molecule has 0 aromatic heterocycles. The molecule has 9 nitrogen and oxygen atoms in total. The van der Waals surface area contributed by atoms with Gasteiger partial charge in [-0.2, -0.15) is 0 Å². The van der Waals surface area contributed by atoms with Crippen LogP contribution in [0.15, 0.2) is 0 Å². The summed E-state index contributed by atoms with van der Waals surface area (Å²) in [5.74, 6) is -0.641. The lowest BCUT2D eigenvalue weighted by Crippen LogP contribution is -2.53. The number of aliphatic hydroxyl groups is 1. The molecule has 146 valence electrons. The van der Waals surface area contributed by atoms with Crippen LogP contribution < -0.4 is 10.6 Å². The Hall–Kier alpha value is -1.23. The molecule has 0 saturated carbocycles. The van der Waals surface area contributed by atoms with E-state index in [0.29, 0.717) is 0 Å². The van der Waals surface area contributed by atoms with Gasteiger partial charge < -0.3 is 15.7 Å². The van der Waals surface area contributed by atoms with Gasteiger partial charge in [0.05, 0.1) is 24.9 Å².